The van der Waals surface area contributed by atoms with E-state index < -0.39 is 41.8 Å². The number of carbonyl (C=O) groups is 3. The number of alkyl carbamates (subject to hydrolysis) is 1. The number of hydrogen-bond donors (Lipinski definition) is 5. The molecule has 0 bridgehead atoms. The van der Waals surface area contributed by atoms with Gasteiger partial charge in [0.05, 0.1) is 6.61 Å². The Morgan fingerprint density at radius 1 is 1.52 bits per heavy atom. The maximum absolute atomic E-state index is 12.2. The predicted octanol–water partition coefficient (Wildman–Crippen LogP) is -1.08. The first-order chi connectivity index (χ1) is 9.57. The number of carbonyl (C=O) groups excluding carboxylic acids is 3. The van der Waals surface area contributed by atoms with Crippen molar-refractivity contribution >= 4 is 17.9 Å². The van der Waals surface area contributed by atoms with Gasteiger partial charge < -0.3 is 25.8 Å². The molecule has 0 aliphatic carbocycles. The summed E-state index contributed by atoms with van der Waals surface area (Å²) in [5, 5.41) is 16.0. The molecule has 0 aromatic rings. The zero-order chi connectivity index (χ0) is 16.3. The van der Waals surface area contributed by atoms with E-state index in [9.17, 15) is 19.5 Å². The zero-order valence-electron chi connectivity index (χ0n) is 12.1. The molecule has 1 rings (SSSR count). The Labute approximate surface area is 121 Å². The van der Waals surface area contributed by atoms with E-state index in [-0.39, 0.29) is 0 Å². The van der Waals surface area contributed by atoms with Gasteiger partial charge in [0.15, 0.2) is 5.66 Å². The highest BCUT2D eigenvalue weighted by Crippen LogP contribution is 2.10. The number of amides is 3. The number of nitrogens with one attached hydrogen (secondary N) is 3. The van der Waals surface area contributed by atoms with Crippen LogP contribution >= 0.6 is 0 Å². The van der Waals surface area contributed by atoms with E-state index in [0.717, 1.165) is 0 Å². The Balaban J connectivity index is 2.78. The van der Waals surface area contributed by atoms with E-state index in [2.05, 4.69) is 16.0 Å². The summed E-state index contributed by atoms with van der Waals surface area (Å²) in [7, 11) is 0. The highest BCUT2D eigenvalue weighted by Gasteiger charge is 2.40. The smallest absolute Gasteiger partial charge is 0.408 e. The van der Waals surface area contributed by atoms with Gasteiger partial charge in [0, 0.05) is 6.20 Å². The molecular formula is C12H20N4O5. The van der Waals surface area contributed by atoms with Gasteiger partial charge in [0.2, 0.25) is 5.78 Å². The van der Waals surface area contributed by atoms with Crippen LogP contribution in [-0.4, -0.2) is 46.9 Å². The Morgan fingerprint density at radius 3 is 2.62 bits per heavy atom. The number of nitrogens with two attached hydrogens (primary N) is 1. The number of Topliss-reactive ketones (excluding diaryl/α,β-unsaturated/α-hetero) is 1. The van der Waals surface area contributed by atoms with E-state index in [1.807, 2.05) is 0 Å². The molecule has 9 heteroatoms. The van der Waals surface area contributed by atoms with Crippen LogP contribution in [0.2, 0.25) is 0 Å². The van der Waals surface area contributed by atoms with Crippen molar-refractivity contribution in [1.82, 2.24) is 16.0 Å². The second kappa shape index (κ2) is 6.10. The quantitative estimate of drug-likeness (QED) is 0.447. The predicted molar refractivity (Wildman–Crippen MR) is 73.0 cm³/mol. The zero-order valence-corrected chi connectivity index (χ0v) is 12.1. The minimum absolute atomic E-state index is 0.665. The van der Waals surface area contributed by atoms with Gasteiger partial charge in [-0.25, -0.2) is 9.59 Å². The van der Waals surface area contributed by atoms with Crippen molar-refractivity contribution in [2.45, 2.75) is 38.1 Å². The lowest BCUT2D eigenvalue weighted by molar-refractivity contribution is -0.126. The molecule has 9 nitrogen and oxygen atoms in total. The minimum Gasteiger partial charge on any atom is -0.444 e. The van der Waals surface area contributed by atoms with Gasteiger partial charge in [0.1, 0.15) is 11.6 Å². The molecule has 3 amide bonds. The van der Waals surface area contributed by atoms with Crippen molar-refractivity contribution in [1.29, 1.82) is 0 Å². The van der Waals surface area contributed by atoms with Crippen LogP contribution in [0.4, 0.5) is 9.59 Å². The summed E-state index contributed by atoms with van der Waals surface area (Å²) in [6.45, 7) is 4.28. The van der Waals surface area contributed by atoms with Gasteiger partial charge in [-0.1, -0.05) is 0 Å². The van der Waals surface area contributed by atoms with Crippen molar-refractivity contribution < 1.29 is 24.2 Å². The largest absolute Gasteiger partial charge is 0.444 e. The first-order valence-corrected chi connectivity index (χ1v) is 6.27. The second-order valence-electron chi connectivity index (χ2n) is 5.55. The maximum atomic E-state index is 12.2. The lowest BCUT2D eigenvalue weighted by Crippen LogP contribution is -2.68. The Morgan fingerprint density at radius 2 is 2.14 bits per heavy atom. The van der Waals surface area contributed by atoms with Crippen molar-refractivity contribution in [2.24, 2.45) is 5.73 Å². The summed E-state index contributed by atoms with van der Waals surface area (Å²) < 4.78 is 4.99. The lowest BCUT2D eigenvalue weighted by atomic mass is 9.98. The van der Waals surface area contributed by atoms with Crippen molar-refractivity contribution in [3.05, 3.63) is 12.3 Å². The molecule has 0 spiro atoms. The SMILES string of the molecule is CC(C)(C)OC(=O)N[C@@H](CO)C(=O)C1(N)C=CNC(=O)N1. The normalized spacial score (nSPS) is 22.8. The summed E-state index contributed by atoms with van der Waals surface area (Å²) in [6, 6.07) is -1.98. The number of ether oxygens (including phenoxy) is 1. The molecule has 2 atom stereocenters. The molecule has 1 unspecified atom stereocenters. The summed E-state index contributed by atoms with van der Waals surface area (Å²) in [4.78, 5) is 35.1. The lowest BCUT2D eigenvalue weighted by Gasteiger charge is -2.31. The van der Waals surface area contributed by atoms with Crippen molar-refractivity contribution in [3.8, 4) is 0 Å². The number of aliphatic hydroxyl groups excluding tert-OH is 1. The topological polar surface area (TPSA) is 143 Å². The van der Waals surface area contributed by atoms with Crippen molar-refractivity contribution in [2.75, 3.05) is 6.61 Å². The standard InChI is InChI=1S/C12H20N4O5/c1-11(2,3)21-10(20)15-7(6-17)8(18)12(13)4-5-14-9(19)16-12/h4-5,7,17H,6,13H2,1-3H3,(H,15,20)(H2,14,16,19)/t7-,12?/m0/s1. The van der Waals surface area contributed by atoms with Crippen LogP contribution in [0, 0.1) is 0 Å². The molecular weight excluding hydrogens is 280 g/mol. The number of ketones is 1. The maximum Gasteiger partial charge on any atom is 0.408 e. The van der Waals surface area contributed by atoms with Gasteiger partial charge in [-0.05, 0) is 26.8 Å². The van der Waals surface area contributed by atoms with Crippen LogP contribution < -0.4 is 21.7 Å². The second-order valence-corrected chi connectivity index (χ2v) is 5.55. The van der Waals surface area contributed by atoms with Gasteiger partial charge in [0.25, 0.3) is 0 Å². The average molecular weight is 300 g/mol. The van der Waals surface area contributed by atoms with Crippen LogP contribution in [0.5, 0.6) is 0 Å². The number of rotatable bonds is 4. The minimum atomic E-state index is -1.81. The molecule has 0 saturated carbocycles. The van der Waals surface area contributed by atoms with E-state index in [1.54, 1.807) is 20.8 Å². The van der Waals surface area contributed by atoms with Crippen LogP contribution in [0.1, 0.15) is 20.8 Å². The van der Waals surface area contributed by atoms with Crippen LogP contribution in [-0.2, 0) is 9.53 Å². The molecule has 1 aliphatic rings. The molecule has 118 valence electrons. The third kappa shape index (κ3) is 4.72. The van der Waals surface area contributed by atoms with E-state index in [1.165, 1.54) is 12.3 Å². The number of hydrogen-bond acceptors (Lipinski definition) is 6. The van der Waals surface area contributed by atoms with Crippen LogP contribution in [0.3, 0.4) is 0 Å². The highest BCUT2D eigenvalue weighted by molar-refractivity contribution is 5.99. The Bertz CT molecular complexity index is 471. The fraction of sp³-hybridized carbons (Fsp3) is 0.583. The molecule has 0 saturated heterocycles. The van der Waals surface area contributed by atoms with Crippen molar-refractivity contribution in [3.63, 3.8) is 0 Å². The number of aliphatic hydroxyl groups is 1. The van der Waals surface area contributed by atoms with Gasteiger partial charge >= 0.3 is 12.1 Å². The van der Waals surface area contributed by atoms with Gasteiger partial charge in [-0.15, -0.1) is 0 Å². The molecule has 0 radical (unpaired) electrons. The molecule has 0 fully saturated rings. The van der Waals surface area contributed by atoms with Crippen LogP contribution in [0.15, 0.2) is 12.3 Å². The molecule has 1 aliphatic heterocycles. The monoisotopic (exact) mass is 300 g/mol. The summed E-state index contributed by atoms with van der Waals surface area (Å²) in [6.07, 6.45) is 1.55. The van der Waals surface area contributed by atoms with E-state index in [0.29, 0.717) is 0 Å². The Kier molecular flexibility index (Phi) is 4.92. The number of urea groups is 1. The Hall–Kier alpha value is -2.13. The fourth-order valence-corrected chi connectivity index (χ4v) is 1.59. The van der Waals surface area contributed by atoms with Gasteiger partial charge in [-0.2, -0.15) is 0 Å². The molecule has 1 heterocycles. The van der Waals surface area contributed by atoms with Gasteiger partial charge in [-0.3, -0.25) is 10.5 Å². The summed E-state index contributed by atoms with van der Waals surface area (Å²) >= 11 is 0. The third-order valence-electron chi connectivity index (χ3n) is 2.48. The molecule has 6 N–H and O–H groups in total. The molecule has 21 heavy (non-hydrogen) atoms. The highest BCUT2D eigenvalue weighted by atomic mass is 16.6. The fourth-order valence-electron chi connectivity index (χ4n) is 1.59. The summed E-state index contributed by atoms with van der Waals surface area (Å²) in [5.41, 5.74) is 3.19. The summed E-state index contributed by atoms with van der Waals surface area (Å²) in [5.74, 6) is -0.776. The third-order valence-corrected chi connectivity index (χ3v) is 2.48. The molecule has 0 aromatic carbocycles. The molecule has 0 aromatic heterocycles. The first kappa shape index (κ1) is 16.9. The average Bonchev–Trinajstić information content (AvgIpc) is 2.32. The van der Waals surface area contributed by atoms with Crippen LogP contribution in [0.25, 0.3) is 0 Å². The van der Waals surface area contributed by atoms with E-state index >= 15 is 0 Å². The van der Waals surface area contributed by atoms with E-state index in [4.69, 9.17) is 10.5 Å². The first-order valence-electron chi connectivity index (χ1n) is 6.27.